The zero-order chi connectivity index (χ0) is 13.7. The van der Waals surface area contributed by atoms with Crippen LogP contribution in [0.5, 0.6) is 0 Å². The van der Waals surface area contributed by atoms with Crippen LogP contribution in [0.2, 0.25) is 0 Å². The molecule has 0 unspecified atom stereocenters. The fraction of sp³-hybridized carbons (Fsp3) is 0.308. The Morgan fingerprint density at radius 3 is 2.89 bits per heavy atom. The topological polar surface area (TPSA) is 48.1 Å². The van der Waals surface area contributed by atoms with Crippen molar-refractivity contribution < 1.29 is 4.74 Å². The quantitative estimate of drug-likeness (QED) is 0.797. The molecular weight excluding hydrogens is 344 g/mol. The SMILES string of the molecule is COCc1nc(CSc2ccccc2Br)sc1CN. The second-order valence-corrected chi connectivity index (χ2v) is 6.87. The minimum absolute atomic E-state index is 0.524. The van der Waals surface area contributed by atoms with E-state index in [1.54, 1.807) is 30.2 Å². The monoisotopic (exact) mass is 358 g/mol. The van der Waals surface area contributed by atoms with E-state index in [-0.39, 0.29) is 0 Å². The van der Waals surface area contributed by atoms with Crippen molar-refractivity contribution in [3.05, 3.63) is 44.3 Å². The lowest BCUT2D eigenvalue weighted by Gasteiger charge is -2.01. The summed E-state index contributed by atoms with van der Waals surface area (Å²) in [5, 5.41) is 1.09. The van der Waals surface area contributed by atoms with Gasteiger partial charge in [-0.05, 0) is 28.1 Å². The highest BCUT2D eigenvalue weighted by Crippen LogP contribution is 2.31. The lowest BCUT2D eigenvalue weighted by atomic mass is 10.4. The van der Waals surface area contributed by atoms with E-state index in [1.807, 2.05) is 18.2 Å². The average molecular weight is 359 g/mol. The van der Waals surface area contributed by atoms with E-state index >= 15 is 0 Å². The van der Waals surface area contributed by atoms with E-state index in [0.29, 0.717) is 13.2 Å². The summed E-state index contributed by atoms with van der Waals surface area (Å²) in [6, 6.07) is 8.20. The predicted molar refractivity (Wildman–Crippen MR) is 84.4 cm³/mol. The van der Waals surface area contributed by atoms with Crippen molar-refractivity contribution >= 4 is 39.0 Å². The lowest BCUT2D eigenvalue weighted by Crippen LogP contribution is -1.99. The third kappa shape index (κ3) is 4.03. The molecule has 0 aliphatic carbocycles. The van der Waals surface area contributed by atoms with Gasteiger partial charge in [0, 0.05) is 27.9 Å². The first-order chi connectivity index (χ1) is 9.24. The summed E-state index contributed by atoms with van der Waals surface area (Å²) < 4.78 is 6.26. The van der Waals surface area contributed by atoms with Crippen molar-refractivity contribution in [2.45, 2.75) is 23.8 Å². The van der Waals surface area contributed by atoms with E-state index in [0.717, 1.165) is 25.8 Å². The molecule has 0 spiro atoms. The van der Waals surface area contributed by atoms with Crippen molar-refractivity contribution in [3.8, 4) is 0 Å². The van der Waals surface area contributed by atoms with E-state index in [1.165, 1.54) is 4.90 Å². The Morgan fingerprint density at radius 1 is 1.42 bits per heavy atom. The van der Waals surface area contributed by atoms with Crippen LogP contribution < -0.4 is 5.73 Å². The largest absolute Gasteiger partial charge is 0.378 e. The molecule has 3 nitrogen and oxygen atoms in total. The van der Waals surface area contributed by atoms with Gasteiger partial charge in [0.05, 0.1) is 18.1 Å². The van der Waals surface area contributed by atoms with Gasteiger partial charge < -0.3 is 10.5 Å². The summed E-state index contributed by atoms with van der Waals surface area (Å²) in [6.45, 7) is 1.05. The van der Waals surface area contributed by atoms with E-state index in [9.17, 15) is 0 Å². The van der Waals surface area contributed by atoms with Crippen LogP contribution in [0.1, 0.15) is 15.6 Å². The Morgan fingerprint density at radius 2 is 2.21 bits per heavy atom. The van der Waals surface area contributed by atoms with Gasteiger partial charge in [-0.2, -0.15) is 0 Å². The number of nitrogens with two attached hydrogens (primary N) is 1. The number of hydrogen-bond donors (Lipinski definition) is 1. The van der Waals surface area contributed by atoms with Gasteiger partial charge in [0.25, 0.3) is 0 Å². The molecule has 0 radical (unpaired) electrons. The fourth-order valence-electron chi connectivity index (χ4n) is 1.61. The van der Waals surface area contributed by atoms with Crippen LogP contribution in [0.25, 0.3) is 0 Å². The first kappa shape index (κ1) is 15.0. The van der Waals surface area contributed by atoms with Crippen molar-refractivity contribution in [2.24, 2.45) is 5.73 Å². The molecule has 1 aromatic heterocycles. The third-order valence-electron chi connectivity index (χ3n) is 2.48. The number of rotatable bonds is 6. The van der Waals surface area contributed by atoms with Gasteiger partial charge in [-0.15, -0.1) is 23.1 Å². The number of methoxy groups -OCH3 is 1. The molecular formula is C13H15BrN2OS2. The normalized spacial score (nSPS) is 10.9. The Bertz CT molecular complexity index is 545. The number of nitrogens with zero attached hydrogens (tertiary/aromatic N) is 1. The molecule has 1 aromatic carbocycles. The summed E-state index contributed by atoms with van der Waals surface area (Å²) in [5.74, 6) is 0.851. The number of benzene rings is 1. The fourth-order valence-corrected chi connectivity index (χ4v) is 4.12. The molecule has 0 atom stereocenters. The second kappa shape index (κ2) is 7.40. The molecule has 1 heterocycles. The van der Waals surface area contributed by atoms with Crippen molar-refractivity contribution in [1.29, 1.82) is 0 Å². The van der Waals surface area contributed by atoms with Gasteiger partial charge in [0.2, 0.25) is 0 Å². The van der Waals surface area contributed by atoms with Crippen LogP contribution in [-0.2, 0) is 23.6 Å². The summed E-state index contributed by atoms with van der Waals surface area (Å²) >= 11 is 6.99. The highest BCUT2D eigenvalue weighted by atomic mass is 79.9. The number of hydrogen-bond acceptors (Lipinski definition) is 5. The number of thioether (sulfide) groups is 1. The molecule has 2 aromatic rings. The molecule has 19 heavy (non-hydrogen) atoms. The van der Waals surface area contributed by atoms with E-state index in [4.69, 9.17) is 10.5 Å². The standard InChI is InChI=1S/C13H15BrN2OS2/c1-17-7-10-12(6-15)19-13(16-10)8-18-11-5-3-2-4-9(11)14/h2-5H,6-8,15H2,1H3. The molecule has 0 fully saturated rings. The molecule has 0 bridgehead atoms. The summed E-state index contributed by atoms with van der Waals surface area (Å²) in [6.07, 6.45) is 0. The predicted octanol–water partition coefficient (Wildman–Crippen LogP) is 3.80. The van der Waals surface area contributed by atoms with E-state index in [2.05, 4.69) is 27.0 Å². The smallest absolute Gasteiger partial charge is 0.104 e. The first-order valence-corrected chi connectivity index (χ1v) is 8.38. The first-order valence-electron chi connectivity index (χ1n) is 5.78. The lowest BCUT2D eigenvalue weighted by molar-refractivity contribution is 0.181. The molecule has 0 saturated heterocycles. The molecule has 6 heteroatoms. The maximum absolute atomic E-state index is 5.73. The van der Waals surface area contributed by atoms with Crippen LogP contribution in [0.15, 0.2) is 33.6 Å². The maximum atomic E-state index is 5.73. The highest BCUT2D eigenvalue weighted by Gasteiger charge is 2.10. The summed E-state index contributed by atoms with van der Waals surface area (Å²) in [5.41, 5.74) is 6.70. The van der Waals surface area contributed by atoms with Gasteiger partial charge >= 0.3 is 0 Å². The van der Waals surface area contributed by atoms with Gasteiger partial charge in [0.15, 0.2) is 0 Å². The Hall–Kier alpha value is -0.400. The van der Waals surface area contributed by atoms with Crippen LogP contribution in [-0.4, -0.2) is 12.1 Å². The van der Waals surface area contributed by atoms with Crippen LogP contribution in [0, 0.1) is 0 Å². The van der Waals surface area contributed by atoms with E-state index < -0.39 is 0 Å². The molecule has 102 valence electrons. The Kier molecular flexibility index (Phi) is 5.84. The minimum atomic E-state index is 0.524. The molecule has 0 amide bonds. The molecule has 0 saturated carbocycles. The maximum Gasteiger partial charge on any atom is 0.104 e. The van der Waals surface area contributed by atoms with Crippen LogP contribution in [0.4, 0.5) is 0 Å². The van der Waals surface area contributed by atoms with Gasteiger partial charge in [-0.3, -0.25) is 0 Å². The van der Waals surface area contributed by atoms with Gasteiger partial charge in [0.1, 0.15) is 5.01 Å². The number of halogens is 1. The molecule has 2 rings (SSSR count). The Labute approximate surface area is 129 Å². The molecule has 2 N–H and O–H groups in total. The van der Waals surface area contributed by atoms with Crippen molar-refractivity contribution in [3.63, 3.8) is 0 Å². The Balaban J connectivity index is 2.05. The van der Waals surface area contributed by atoms with Gasteiger partial charge in [-0.25, -0.2) is 4.98 Å². The summed E-state index contributed by atoms with van der Waals surface area (Å²) in [4.78, 5) is 6.93. The molecule has 0 aliphatic heterocycles. The highest BCUT2D eigenvalue weighted by molar-refractivity contribution is 9.10. The summed E-state index contributed by atoms with van der Waals surface area (Å²) in [7, 11) is 1.68. The molecule has 0 aliphatic rings. The zero-order valence-corrected chi connectivity index (χ0v) is 13.8. The van der Waals surface area contributed by atoms with Crippen LogP contribution in [0.3, 0.4) is 0 Å². The zero-order valence-electron chi connectivity index (χ0n) is 10.6. The minimum Gasteiger partial charge on any atom is -0.378 e. The number of ether oxygens (including phenoxy) is 1. The second-order valence-electron chi connectivity index (χ2n) is 3.83. The third-order valence-corrected chi connectivity index (χ3v) is 5.82. The number of thiazole rings is 1. The van der Waals surface area contributed by atoms with Crippen molar-refractivity contribution in [2.75, 3.05) is 7.11 Å². The van der Waals surface area contributed by atoms with Crippen molar-refractivity contribution in [1.82, 2.24) is 4.98 Å². The van der Waals surface area contributed by atoms with Gasteiger partial charge in [-0.1, -0.05) is 12.1 Å². The number of aromatic nitrogens is 1. The average Bonchev–Trinajstić information content (AvgIpc) is 2.81. The van der Waals surface area contributed by atoms with Crippen LogP contribution >= 0.6 is 39.0 Å².